The van der Waals surface area contributed by atoms with E-state index >= 15 is 0 Å². The first-order valence-electron chi connectivity index (χ1n) is 14.5. The number of aromatic nitrogens is 5. The van der Waals surface area contributed by atoms with Gasteiger partial charge in [-0.25, -0.2) is 4.98 Å². The Balaban J connectivity index is 1.32. The molecule has 47 heavy (non-hydrogen) atoms. The highest BCUT2D eigenvalue weighted by Crippen LogP contribution is 2.34. The highest BCUT2D eigenvalue weighted by atomic mass is 35.5. The maximum absolute atomic E-state index is 13.9. The van der Waals surface area contributed by atoms with E-state index in [-0.39, 0.29) is 66.3 Å². The molecule has 246 valence electrons. The van der Waals surface area contributed by atoms with Crippen molar-refractivity contribution in [2.75, 3.05) is 49.6 Å². The van der Waals surface area contributed by atoms with Crippen LogP contribution in [0.3, 0.4) is 0 Å². The summed E-state index contributed by atoms with van der Waals surface area (Å²) in [5, 5.41) is 16.8. The Bertz CT molecular complexity index is 1970. The van der Waals surface area contributed by atoms with Crippen LogP contribution in [0.1, 0.15) is 34.0 Å². The second-order valence-corrected chi connectivity index (χ2v) is 11.3. The number of halogens is 4. The first kappa shape index (κ1) is 32.0. The zero-order chi connectivity index (χ0) is 33.5. The summed E-state index contributed by atoms with van der Waals surface area (Å²) in [6, 6.07) is 5.50. The highest BCUT2D eigenvalue weighted by molar-refractivity contribution is 6.33. The lowest BCUT2D eigenvalue weighted by Gasteiger charge is -2.36. The zero-order valence-electron chi connectivity index (χ0n) is 24.9. The van der Waals surface area contributed by atoms with Crippen molar-refractivity contribution in [1.82, 2.24) is 29.0 Å². The monoisotopic (exact) mass is 672 g/mol. The maximum atomic E-state index is 13.9. The number of hydrogen-bond acceptors (Lipinski definition) is 9. The molecule has 0 unspecified atom stereocenters. The van der Waals surface area contributed by atoms with Crippen molar-refractivity contribution in [3.05, 3.63) is 80.8 Å². The van der Waals surface area contributed by atoms with Crippen molar-refractivity contribution in [3.63, 3.8) is 0 Å². The molecule has 17 heteroatoms. The normalized spacial score (nSPS) is 15.6. The standard InChI is InChI=1S/C30H28ClF3N8O5/c1-17-25(39-9-11-40(12-10-39)27(45)24-22(43)3-2-8-35-24)28(46)42-29(37-26(38-42)18-6-13-47-14-7-18)41(17)16-23(44)36-21-5-4-19(15-20(21)31)30(32,33)34/h2-6,8,15,43H,7,9-14,16H2,1H3,(H,36,44). The molecule has 1 aromatic carbocycles. The Kier molecular flexibility index (Phi) is 8.63. The molecule has 0 atom stereocenters. The van der Waals surface area contributed by atoms with Gasteiger partial charge in [-0.3, -0.25) is 14.4 Å². The lowest BCUT2D eigenvalue weighted by Crippen LogP contribution is -2.51. The maximum Gasteiger partial charge on any atom is 0.416 e. The quantitative estimate of drug-likeness (QED) is 0.315. The lowest BCUT2D eigenvalue weighted by molar-refractivity contribution is -0.137. The Morgan fingerprint density at radius 3 is 2.57 bits per heavy atom. The van der Waals surface area contributed by atoms with Gasteiger partial charge in [0.15, 0.2) is 11.5 Å². The number of ether oxygens (including phenoxy) is 1. The first-order chi connectivity index (χ1) is 22.4. The summed E-state index contributed by atoms with van der Waals surface area (Å²) in [5.41, 5.74) is -0.127. The molecule has 2 amide bonds. The number of nitrogens with one attached hydrogen (secondary N) is 1. The third-order valence-corrected chi connectivity index (χ3v) is 8.28. The minimum atomic E-state index is -4.61. The number of benzene rings is 1. The van der Waals surface area contributed by atoms with E-state index in [0.29, 0.717) is 31.2 Å². The van der Waals surface area contributed by atoms with Gasteiger partial charge < -0.3 is 29.5 Å². The molecule has 13 nitrogen and oxygen atoms in total. The van der Waals surface area contributed by atoms with E-state index in [4.69, 9.17) is 16.3 Å². The van der Waals surface area contributed by atoms with E-state index in [1.807, 2.05) is 6.08 Å². The molecule has 0 aliphatic carbocycles. The van der Waals surface area contributed by atoms with Crippen molar-refractivity contribution in [3.8, 4) is 5.75 Å². The average Bonchev–Trinajstić information content (AvgIpc) is 3.50. The molecule has 0 saturated carbocycles. The molecule has 2 aliphatic heterocycles. The van der Waals surface area contributed by atoms with Crippen molar-refractivity contribution in [2.45, 2.75) is 26.1 Å². The molecule has 0 bridgehead atoms. The molecule has 6 rings (SSSR count). The van der Waals surface area contributed by atoms with Gasteiger partial charge in [0.25, 0.3) is 11.5 Å². The molecule has 1 fully saturated rings. The van der Waals surface area contributed by atoms with Crippen LogP contribution < -0.4 is 15.8 Å². The lowest BCUT2D eigenvalue weighted by atomic mass is 10.1. The topological polar surface area (TPSA) is 147 Å². The number of carbonyl (C=O) groups is 2. The number of aromatic hydroxyl groups is 1. The number of carbonyl (C=O) groups excluding carboxylic acids is 2. The van der Waals surface area contributed by atoms with E-state index in [1.54, 1.807) is 11.8 Å². The zero-order valence-corrected chi connectivity index (χ0v) is 25.7. The summed E-state index contributed by atoms with van der Waals surface area (Å²) in [4.78, 5) is 52.2. The van der Waals surface area contributed by atoms with E-state index < -0.39 is 29.1 Å². The second kappa shape index (κ2) is 12.7. The minimum Gasteiger partial charge on any atom is -0.505 e. The van der Waals surface area contributed by atoms with Gasteiger partial charge >= 0.3 is 6.18 Å². The van der Waals surface area contributed by atoms with Crippen LogP contribution in [-0.4, -0.2) is 85.4 Å². The van der Waals surface area contributed by atoms with Crippen LogP contribution in [-0.2, 0) is 22.3 Å². The fraction of sp³-hybridized carbons (Fsp3) is 0.333. The van der Waals surface area contributed by atoms with Gasteiger partial charge in [-0.2, -0.15) is 22.7 Å². The van der Waals surface area contributed by atoms with Gasteiger partial charge in [0.05, 0.1) is 29.5 Å². The summed E-state index contributed by atoms with van der Waals surface area (Å²) < 4.78 is 47.4. The summed E-state index contributed by atoms with van der Waals surface area (Å²) in [5.74, 6) is -0.927. The largest absolute Gasteiger partial charge is 0.505 e. The number of amides is 2. The van der Waals surface area contributed by atoms with E-state index in [2.05, 4.69) is 20.4 Å². The average molecular weight is 673 g/mol. The van der Waals surface area contributed by atoms with Gasteiger partial charge in [-0.1, -0.05) is 17.7 Å². The number of rotatable bonds is 6. The van der Waals surface area contributed by atoms with Crippen molar-refractivity contribution in [1.29, 1.82) is 0 Å². The van der Waals surface area contributed by atoms with Crippen LogP contribution >= 0.6 is 11.6 Å². The number of hydrogen-bond donors (Lipinski definition) is 2. The molecule has 4 aromatic rings. The molecular formula is C30H28ClF3N8O5. The van der Waals surface area contributed by atoms with Crippen molar-refractivity contribution >= 4 is 46.1 Å². The fourth-order valence-corrected chi connectivity index (χ4v) is 5.77. The van der Waals surface area contributed by atoms with Gasteiger partial charge in [-0.15, -0.1) is 5.10 Å². The number of nitrogens with zero attached hydrogens (tertiary/aromatic N) is 7. The molecule has 3 aromatic heterocycles. The molecule has 1 saturated heterocycles. The Labute approximate surface area is 269 Å². The van der Waals surface area contributed by atoms with Gasteiger partial charge in [0.1, 0.15) is 18.0 Å². The summed E-state index contributed by atoms with van der Waals surface area (Å²) in [6.07, 6.45) is -0.860. The number of pyridine rings is 1. The van der Waals surface area contributed by atoms with E-state index in [0.717, 1.165) is 28.3 Å². The summed E-state index contributed by atoms with van der Waals surface area (Å²) in [7, 11) is 0. The van der Waals surface area contributed by atoms with Crippen LogP contribution in [0.4, 0.5) is 24.5 Å². The minimum absolute atomic E-state index is 0.0196. The Hall–Kier alpha value is -4.96. The van der Waals surface area contributed by atoms with Crippen molar-refractivity contribution in [2.24, 2.45) is 0 Å². The third kappa shape index (κ3) is 6.38. The van der Waals surface area contributed by atoms with E-state index in [9.17, 15) is 32.7 Å². The Morgan fingerprint density at radius 1 is 1.15 bits per heavy atom. The molecule has 5 heterocycles. The first-order valence-corrected chi connectivity index (χ1v) is 14.9. The van der Waals surface area contributed by atoms with E-state index in [1.165, 1.54) is 27.8 Å². The highest BCUT2D eigenvalue weighted by Gasteiger charge is 2.32. The fourth-order valence-electron chi connectivity index (χ4n) is 5.54. The van der Waals surface area contributed by atoms with Crippen LogP contribution in [0.5, 0.6) is 5.75 Å². The van der Waals surface area contributed by atoms with Crippen LogP contribution in [0.25, 0.3) is 11.4 Å². The van der Waals surface area contributed by atoms with Gasteiger partial charge in [0, 0.05) is 38.1 Å². The predicted octanol–water partition coefficient (Wildman–Crippen LogP) is 3.38. The second-order valence-electron chi connectivity index (χ2n) is 10.9. The van der Waals surface area contributed by atoms with Gasteiger partial charge in [-0.05, 0) is 49.2 Å². The smallest absolute Gasteiger partial charge is 0.416 e. The number of piperazine rings is 1. The number of alkyl halides is 3. The Morgan fingerprint density at radius 2 is 1.91 bits per heavy atom. The SMILES string of the molecule is Cc1c(N2CCN(C(=O)c3ncccc3O)CC2)c(=O)n2nc(C3=CCOCC3)nc2n1CC(=O)Nc1ccc(C(F)(F)F)cc1Cl. The molecular weight excluding hydrogens is 645 g/mol. The van der Waals surface area contributed by atoms with Crippen LogP contribution in [0.2, 0.25) is 5.02 Å². The number of anilines is 2. The molecule has 2 N–H and O–H groups in total. The predicted molar refractivity (Wildman–Crippen MR) is 164 cm³/mol. The number of fused-ring (bicyclic) bond motifs is 1. The summed E-state index contributed by atoms with van der Waals surface area (Å²) >= 11 is 6.07. The van der Waals surface area contributed by atoms with Crippen LogP contribution in [0, 0.1) is 6.92 Å². The van der Waals surface area contributed by atoms with Gasteiger partial charge in [0.2, 0.25) is 11.7 Å². The third-order valence-electron chi connectivity index (χ3n) is 7.97. The van der Waals surface area contributed by atoms with Crippen molar-refractivity contribution < 1.29 is 32.6 Å². The molecule has 0 radical (unpaired) electrons. The molecule has 0 spiro atoms. The molecule has 2 aliphatic rings. The summed E-state index contributed by atoms with van der Waals surface area (Å²) in [6.45, 7) is 3.01. The van der Waals surface area contributed by atoms with Crippen LogP contribution in [0.15, 0.2) is 47.4 Å².